The van der Waals surface area contributed by atoms with Crippen molar-refractivity contribution in [3.8, 4) is 0 Å². The average molecular weight is 336 g/mol. The summed E-state index contributed by atoms with van der Waals surface area (Å²) in [5.74, 6) is 0. The van der Waals surface area contributed by atoms with Crippen molar-refractivity contribution in [1.82, 2.24) is 0 Å². The van der Waals surface area contributed by atoms with Crippen LogP contribution in [0.4, 0.5) is 0 Å². The first-order valence-electron chi connectivity index (χ1n) is 6.58. The second-order valence-electron chi connectivity index (χ2n) is 6.23. The van der Waals surface area contributed by atoms with Gasteiger partial charge in [-0.05, 0) is 42.9 Å². The van der Waals surface area contributed by atoms with Crippen LogP contribution in [0.2, 0.25) is 10.0 Å². The quantitative estimate of drug-likeness (QED) is 0.896. The molecular formula is C14H19Cl2NO2S. The van der Waals surface area contributed by atoms with E-state index in [1.807, 2.05) is 0 Å². The maximum atomic E-state index is 12.8. The van der Waals surface area contributed by atoms with E-state index >= 15 is 0 Å². The van der Waals surface area contributed by atoms with E-state index in [1.165, 1.54) is 18.2 Å². The molecular weight excluding hydrogens is 317 g/mol. The summed E-state index contributed by atoms with van der Waals surface area (Å²) in [6.07, 6.45) is 2.23. The molecule has 20 heavy (non-hydrogen) atoms. The lowest BCUT2D eigenvalue weighted by atomic mass is 9.75. The van der Waals surface area contributed by atoms with Crippen LogP contribution in [0, 0.1) is 5.41 Å². The third-order valence-electron chi connectivity index (χ3n) is 4.00. The Morgan fingerprint density at radius 2 is 1.90 bits per heavy atom. The van der Waals surface area contributed by atoms with Gasteiger partial charge in [0.2, 0.25) is 0 Å². The molecule has 2 N–H and O–H groups in total. The molecule has 112 valence electrons. The number of sulfone groups is 1. The highest BCUT2D eigenvalue weighted by molar-refractivity contribution is 7.92. The van der Waals surface area contributed by atoms with Gasteiger partial charge in [-0.25, -0.2) is 8.42 Å². The molecule has 6 heteroatoms. The Morgan fingerprint density at radius 3 is 2.50 bits per heavy atom. The number of rotatable bonds is 2. The van der Waals surface area contributed by atoms with E-state index in [4.69, 9.17) is 28.9 Å². The van der Waals surface area contributed by atoms with Crippen LogP contribution >= 0.6 is 23.2 Å². The summed E-state index contributed by atoms with van der Waals surface area (Å²) in [6, 6.07) is 4.09. The van der Waals surface area contributed by atoms with Gasteiger partial charge in [0.15, 0.2) is 9.84 Å². The molecule has 1 saturated carbocycles. The van der Waals surface area contributed by atoms with Gasteiger partial charge in [-0.1, -0.05) is 37.0 Å². The van der Waals surface area contributed by atoms with Crippen molar-refractivity contribution < 1.29 is 8.42 Å². The predicted octanol–water partition coefficient (Wildman–Crippen LogP) is 3.67. The standard InChI is InChI=1S/C14H19Cl2NO2S/c1-14(2)6-5-12(17)13(8-14)20(18,19)9-3-4-10(15)11(16)7-9/h3-4,7,12-13H,5-6,8,17H2,1-2H3. The summed E-state index contributed by atoms with van der Waals surface area (Å²) in [5.41, 5.74) is 6.04. The van der Waals surface area contributed by atoms with Crippen LogP contribution in [-0.4, -0.2) is 19.7 Å². The van der Waals surface area contributed by atoms with E-state index in [1.54, 1.807) is 0 Å². The van der Waals surface area contributed by atoms with Crippen molar-refractivity contribution in [1.29, 1.82) is 0 Å². The zero-order valence-electron chi connectivity index (χ0n) is 11.6. The third kappa shape index (κ3) is 3.14. The average Bonchev–Trinajstić information content (AvgIpc) is 2.35. The van der Waals surface area contributed by atoms with Gasteiger partial charge in [-0.15, -0.1) is 0 Å². The Bertz CT molecular complexity index is 614. The molecule has 3 nitrogen and oxygen atoms in total. The van der Waals surface area contributed by atoms with E-state index in [-0.39, 0.29) is 21.4 Å². The minimum absolute atomic E-state index is 0.0101. The highest BCUT2D eigenvalue weighted by atomic mass is 35.5. The molecule has 1 aliphatic rings. The lowest BCUT2D eigenvalue weighted by molar-refractivity contribution is 0.227. The minimum Gasteiger partial charge on any atom is -0.327 e. The lowest BCUT2D eigenvalue weighted by Gasteiger charge is -2.38. The molecule has 0 radical (unpaired) electrons. The van der Waals surface area contributed by atoms with Crippen LogP contribution in [0.3, 0.4) is 0 Å². The van der Waals surface area contributed by atoms with Crippen molar-refractivity contribution in [2.45, 2.75) is 49.3 Å². The van der Waals surface area contributed by atoms with Crippen LogP contribution < -0.4 is 5.73 Å². The second kappa shape index (κ2) is 5.48. The highest BCUT2D eigenvalue weighted by Gasteiger charge is 2.41. The van der Waals surface area contributed by atoms with Gasteiger partial charge < -0.3 is 5.73 Å². The van der Waals surface area contributed by atoms with E-state index in [9.17, 15) is 8.42 Å². The fraction of sp³-hybridized carbons (Fsp3) is 0.571. The first-order chi connectivity index (χ1) is 9.13. The highest BCUT2D eigenvalue weighted by Crippen LogP contribution is 2.39. The molecule has 0 bridgehead atoms. The molecule has 0 aromatic heterocycles. The Labute approximate surface area is 130 Å². The number of hydrogen-bond acceptors (Lipinski definition) is 3. The molecule has 2 atom stereocenters. The van der Waals surface area contributed by atoms with Crippen LogP contribution in [0.5, 0.6) is 0 Å². The number of nitrogens with two attached hydrogens (primary N) is 1. The van der Waals surface area contributed by atoms with Crippen molar-refractivity contribution in [3.05, 3.63) is 28.2 Å². The summed E-state index contributed by atoms with van der Waals surface area (Å²) < 4.78 is 25.5. The largest absolute Gasteiger partial charge is 0.327 e. The van der Waals surface area contributed by atoms with E-state index in [0.29, 0.717) is 11.4 Å². The molecule has 0 aliphatic heterocycles. The number of hydrogen-bond donors (Lipinski definition) is 1. The summed E-state index contributed by atoms with van der Waals surface area (Å²) in [5, 5.41) is 0.0266. The van der Waals surface area contributed by atoms with E-state index < -0.39 is 15.1 Å². The summed E-state index contributed by atoms with van der Waals surface area (Å²) >= 11 is 11.8. The molecule has 0 spiro atoms. The van der Waals surface area contributed by atoms with Crippen molar-refractivity contribution >= 4 is 33.0 Å². The molecule has 1 aliphatic carbocycles. The molecule has 1 aromatic rings. The van der Waals surface area contributed by atoms with Gasteiger partial charge in [-0.3, -0.25) is 0 Å². The van der Waals surface area contributed by atoms with E-state index in [0.717, 1.165) is 12.8 Å². The normalized spacial score (nSPS) is 26.4. The molecule has 1 fully saturated rings. The van der Waals surface area contributed by atoms with Crippen LogP contribution in [0.25, 0.3) is 0 Å². The van der Waals surface area contributed by atoms with Crippen LogP contribution in [0.1, 0.15) is 33.1 Å². The first-order valence-corrected chi connectivity index (χ1v) is 8.88. The Morgan fingerprint density at radius 1 is 1.25 bits per heavy atom. The molecule has 2 rings (SSSR count). The van der Waals surface area contributed by atoms with Crippen LogP contribution in [0.15, 0.2) is 23.1 Å². The monoisotopic (exact) mass is 335 g/mol. The van der Waals surface area contributed by atoms with Crippen molar-refractivity contribution in [2.24, 2.45) is 11.1 Å². The fourth-order valence-electron chi connectivity index (χ4n) is 2.71. The summed E-state index contributed by atoms with van der Waals surface area (Å²) in [4.78, 5) is 0.199. The molecule has 0 heterocycles. The van der Waals surface area contributed by atoms with Gasteiger partial charge >= 0.3 is 0 Å². The second-order valence-corrected chi connectivity index (χ2v) is 9.21. The summed E-state index contributed by atoms with van der Waals surface area (Å²) in [7, 11) is -3.49. The lowest BCUT2D eigenvalue weighted by Crippen LogP contribution is -2.47. The van der Waals surface area contributed by atoms with E-state index in [2.05, 4.69) is 13.8 Å². The molecule has 0 saturated heterocycles. The maximum absolute atomic E-state index is 12.8. The predicted molar refractivity (Wildman–Crippen MR) is 83.0 cm³/mol. The van der Waals surface area contributed by atoms with Gasteiger partial charge in [-0.2, -0.15) is 0 Å². The Balaban J connectivity index is 2.40. The van der Waals surface area contributed by atoms with Crippen molar-refractivity contribution in [2.75, 3.05) is 0 Å². The minimum atomic E-state index is -3.49. The first kappa shape index (κ1) is 16.1. The summed E-state index contributed by atoms with van der Waals surface area (Å²) in [6.45, 7) is 4.16. The van der Waals surface area contributed by atoms with Gasteiger partial charge in [0.05, 0.1) is 20.2 Å². The van der Waals surface area contributed by atoms with Gasteiger partial charge in [0.25, 0.3) is 0 Å². The molecule has 1 aromatic carbocycles. The smallest absolute Gasteiger partial charge is 0.182 e. The zero-order chi connectivity index (χ0) is 15.1. The number of benzene rings is 1. The van der Waals surface area contributed by atoms with Crippen molar-refractivity contribution in [3.63, 3.8) is 0 Å². The molecule has 0 amide bonds. The number of halogens is 2. The topological polar surface area (TPSA) is 60.2 Å². The maximum Gasteiger partial charge on any atom is 0.182 e. The Kier molecular flexibility index (Phi) is 4.41. The Hall–Kier alpha value is -0.290. The fourth-order valence-corrected chi connectivity index (χ4v) is 5.23. The molecule has 2 unspecified atom stereocenters. The third-order valence-corrected chi connectivity index (χ3v) is 6.97. The van der Waals surface area contributed by atoms with Gasteiger partial charge in [0.1, 0.15) is 0 Å². The SMILES string of the molecule is CC1(C)CCC(N)C(S(=O)(=O)c2ccc(Cl)c(Cl)c2)C1. The van der Waals surface area contributed by atoms with Gasteiger partial charge in [0, 0.05) is 6.04 Å². The van der Waals surface area contributed by atoms with Crippen LogP contribution in [-0.2, 0) is 9.84 Å². The zero-order valence-corrected chi connectivity index (χ0v) is 13.9.